The Kier molecular flexibility index (Phi) is 9.46. The second-order valence-electron chi connectivity index (χ2n) is 4.22. The highest BCUT2D eigenvalue weighted by Gasteiger charge is 2.08. The minimum absolute atomic E-state index is 0.650. The number of rotatable bonds is 10. The average molecular weight is 411 g/mol. The minimum atomic E-state index is 0.650. The first-order chi connectivity index (χ1) is 9.69. The molecule has 0 saturated heterocycles. The summed E-state index contributed by atoms with van der Waals surface area (Å²) in [5.74, 6) is 0.872. The highest BCUT2D eigenvalue weighted by molar-refractivity contribution is 9.11. The molecule has 1 N–H and O–H groups in total. The zero-order chi connectivity index (χ0) is 14.8. The molecule has 20 heavy (non-hydrogen) atoms. The van der Waals surface area contributed by atoms with E-state index in [1.807, 2.05) is 6.07 Å². The summed E-state index contributed by atoms with van der Waals surface area (Å²) in [5, 5.41) is 3.39. The maximum Gasteiger partial charge on any atom is 0.137 e. The first kappa shape index (κ1) is 17.9. The van der Waals surface area contributed by atoms with Crippen molar-refractivity contribution in [3.05, 3.63) is 26.6 Å². The lowest BCUT2D eigenvalue weighted by molar-refractivity contribution is 0.0694. The number of ether oxygens (including phenoxy) is 3. The zero-order valence-electron chi connectivity index (χ0n) is 11.9. The van der Waals surface area contributed by atoms with Crippen molar-refractivity contribution in [1.29, 1.82) is 0 Å². The maximum atomic E-state index is 5.41. The molecule has 0 unspecified atom stereocenters. The summed E-state index contributed by atoms with van der Waals surface area (Å²) in [4.78, 5) is 0. The van der Waals surface area contributed by atoms with Gasteiger partial charge in [-0.15, -0.1) is 0 Å². The lowest BCUT2D eigenvalue weighted by Crippen LogP contribution is -2.17. The van der Waals surface area contributed by atoms with Crippen molar-refractivity contribution in [3.8, 4) is 5.75 Å². The predicted octanol–water partition coefficient (Wildman–Crippen LogP) is 3.36. The molecule has 0 bridgehead atoms. The molecule has 0 amide bonds. The third kappa shape index (κ3) is 6.54. The topological polar surface area (TPSA) is 39.7 Å². The maximum absolute atomic E-state index is 5.41. The van der Waals surface area contributed by atoms with Gasteiger partial charge in [-0.2, -0.15) is 0 Å². The van der Waals surface area contributed by atoms with Gasteiger partial charge in [0.15, 0.2) is 0 Å². The number of nitrogens with one attached hydrogen (secondary N) is 1. The van der Waals surface area contributed by atoms with E-state index in [1.165, 1.54) is 0 Å². The Hall–Kier alpha value is -0.140. The van der Waals surface area contributed by atoms with Crippen LogP contribution in [0.2, 0.25) is 0 Å². The Morgan fingerprint density at radius 1 is 1.10 bits per heavy atom. The summed E-state index contributed by atoms with van der Waals surface area (Å²) >= 11 is 6.99. The largest absolute Gasteiger partial charge is 0.495 e. The summed E-state index contributed by atoms with van der Waals surface area (Å²) in [7, 11) is 3.36. The van der Waals surface area contributed by atoms with E-state index in [9.17, 15) is 0 Å². The fourth-order valence-corrected chi connectivity index (χ4v) is 3.22. The molecule has 0 aromatic heterocycles. The van der Waals surface area contributed by atoms with Crippen molar-refractivity contribution in [2.24, 2.45) is 0 Å². The van der Waals surface area contributed by atoms with E-state index in [4.69, 9.17) is 14.2 Å². The number of benzene rings is 1. The Labute approximate surface area is 137 Å². The first-order valence-corrected chi connectivity index (χ1v) is 8.07. The van der Waals surface area contributed by atoms with Crippen molar-refractivity contribution in [3.63, 3.8) is 0 Å². The number of hydrogen-bond acceptors (Lipinski definition) is 4. The van der Waals surface area contributed by atoms with Crippen molar-refractivity contribution < 1.29 is 14.2 Å². The van der Waals surface area contributed by atoms with E-state index >= 15 is 0 Å². The second kappa shape index (κ2) is 10.6. The molecule has 0 radical (unpaired) electrons. The molecule has 114 valence electrons. The van der Waals surface area contributed by atoms with E-state index in [0.717, 1.165) is 46.4 Å². The molecular weight excluding hydrogens is 390 g/mol. The van der Waals surface area contributed by atoms with Gasteiger partial charge in [0.25, 0.3) is 0 Å². The standard InChI is InChI=1S/C14H21Br2NO3/c1-18-6-7-20-5-3-4-17-10-11-8-12(15)9-13(16)14(11)19-2/h8-9,17H,3-7,10H2,1-2H3. The molecule has 1 aromatic rings. The Balaban J connectivity index is 2.28. The average Bonchev–Trinajstić information content (AvgIpc) is 2.41. The lowest BCUT2D eigenvalue weighted by Gasteiger charge is -2.12. The molecule has 0 aliphatic heterocycles. The van der Waals surface area contributed by atoms with Crippen LogP contribution in [0.15, 0.2) is 21.1 Å². The SMILES string of the molecule is COCCOCCCNCc1cc(Br)cc(Br)c1OC. The van der Waals surface area contributed by atoms with Gasteiger partial charge >= 0.3 is 0 Å². The molecule has 0 aliphatic rings. The highest BCUT2D eigenvalue weighted by Crippen LogP contribution is 2.32. The quantitative estimate of drug-likeness (QED) is 0.600. The summed E-state index contributed by atoms with van der Waals surface area (Å²) in [6, 6.07) is 4.04. The van der Waals surface area contributed by atoms with Gasteiger partial charge in [-0.25, -0.2) is 0 Å². The zero-order valence-corrected chi connectivity index (χ0v) is 15.1. The smallest absolute Gasteiger partial charge is 0.137 e. The van der Waals surface area contributed by atoms with E-state index in [2.05, 4.69) is 43.2 Å². The minimum Gasteiger partial charge on any atom is -0.495 e. The van der Waals surface area contributed by atoms with Crippen LogP contribution >= 0.6 is 31.9 Å². The van der Waals surface area contributed by atoms with Crippen LogP contribution in [-0.4, -0.2) is 40.6 Å². The third-order valence-electron chi connectivity index (χ3n) is 2.68. The van der Waals surface area contributed by atoms with Gasteiger partial charge in [0, 0.05) is 30.3 Å². The van der Waals surface area contributed by atoms with Gasteiger partial charge in [-0.05, 0) is 41.0 Å². The molecular formula is C14H21Br2NO3. The van der Waals surface area contributed by atoms with Gasteiger partial charge in [-0.3, -0.25) is 0 Å². The highest BCUT2D eigenvalue weighted by atomic mass is 79.9. The van der Waals surface area contributed by atoms with Crippen molar-refractivity contribution >= 4 is 31.9 Å². The Morgan fingerprint density at radius 3 is 2.60 bits per heavy atom. The van der Waals surface area contributed by atoms with Gasteiger partial charge in [-0.1, -0.05) is 15.9 Å². The van der Waals surface area contributed by atoms with E-state index in [1.54, 1.807) is 14.2 Å². The fourth-order valence-electron chi connectivity index (χ4n) is 1.74. The van der Waals surface area contributed by atoms with Crippen LogP contribution in [-0.2, 0) is 16.0 Å². The molecule has 1 aromatic carbocycles. The van der Waals surface area contributed by atoms with Crippen LogP contribution in [0.25, 0.3) is 0 Å². The van der Waals surface area contributed by atoms with Crippen LogP contribution in [0.1, 0.15) is 12.0 Å². The van der Waals surface area contributed by atoms with Gasteiger partial charge < -0.3 is 19.5 Å². The van der Waals surface area contributed by atoms with Crippen LogP contribution in [0.5, 0.6) is 5.75 Å². The third-order valence-corrected chi connectivity index (χ3v) is 3.73. The van der Waals surface area contributed by atoms with E-state index in [-0.39, 0.29) is 0 Å². The van der Waals surface area contributed by atoms with Crippen LogP contribution in [0.3, 0.4) is 0 Å². The molecule has 0 spiro atoms. The Bertz CT molecular complexity index is 402. The monoisotopic (exact) mass is 409 g/mol. The number of hydrogen-bond donors (Lipinski definition) is 1. The van der Waals surface area contributed by atoms with Crippen molar-refractivity contribution in [2.75, 3.05) is 40.6 Å². The number of halogens is 2. The van der Waals surface area contributed by atoms with Crippen LogP contribution in [0.4, 0.5) is 0 Å². The molecule has 0 heterocycles. The molecule has 4 nitrogen and oxygen atoms in total. The number of methoxy groups -OCH3 is 2. The first-order valence-electron chi connectivity index (χ1n) is 6.48. The fraction of sp³-hybridized carbons (Fsp3) is 0.571. The van der Waals surface area contributed by atoms with Gasteiger partial charge in [0.2, 0.25) is 0 Å². The predicted molar refractivity (Wildman–Crippen MR) is 87.4 cm³/mol. The van der Waals surface area contributed by atoms with E-state index in [0.29, 0.717) is 13.2 Å². The second-order valence-corrected chi connectivity index (χ2v) is 5.99. The Morgan fingerprint density at radius 2 is 1.90 bits per heavy atom. The molecule has 0 fully saturated rings. The normalized spacial score (nSPS) is 10.8. The molecule has 1 rings (SSSR count). The van der Waals surface area contributed by atoms with Gasteiger partial charge in [0.1, 0.15) is 5.75 Å². The van der Waals surface area contributed by atoms with Crippen molar-refractivity contribution in [1.82, 2.24) is 5.32 Å². The summed E-state index contributed by atoms with van der Waals surface area (Å²) in [6.45, 7) is 3.72. The van der Waals surface area contributed by atoms with E-state index < -0.39 is 0 Å². The molecule has 6 heteroatoms. The van der Waals surface area contributed by atoms with Crippen LogP contribution < -0.4 is 10.1 Å². The van der Waals surface area contributed by atoms with Crippen LogP contribution in [0, 0.1) is 0 Å². The molecule has 0 atom stereocenters. The molecule has 0 aliphatic carbocycles. The van der Waals surface area contributed by atoms with Gasteiger partial charge in [0.05, 0.1) is 24.8 Å². The summed E-state index contributed by atoms with van der Waals surface area (Å²) in [6.07, 6.45) is 0.973. The summed E-state index contributed by atoms with van der Waals surface area (Å²) < 4.78 is 17.7. The lowest BCUT2D eigenvalue weighted by atomic mass is 10.2. The summed E-state index contributed by atoms with van der Waals surface area (Å²) in [5.41, 5.74) is 1.12. The van der Waals surface area contributed by atoms with Crippen molar-refractivity contribution in [2.45, 2.75) is 13.0 Å². The molecule has 0 saturated carbocycles.